The highest BCUT2D eigenvalue weighted by Crippen LogP contribution is 2.68. The molecule has 6 unspecified atom stereocenters. The van der Waals surface area contributed by atoms with Gasteiger partial charge in [-0.25, -0.2) is 4.98 Å². The molecule has 0 amide bonds. The number of imidazole rings is 1. The number of carbonyl (C=O) groups is 1. The number of ether oxygens (including phenoxy) is 2. The first-order valence-electron chi connectivity index (χ1n) is 19.1. The molecule has 10 nitrogen and oxygen atoms in total. The zero-order valence-electron chi connectivity index (χ0n) is 30.6. The summed E-state index contributed by atoms with van der Waals surface area (Å²) in [6.07, 6.45) is 16.5. The van der Waals surface area contributed by atoms with Crippen LogP contribution in [-0.4, -0.2) is 49.8 Å². The summed E-state index contributed by atoms with van der Waals surface area (Å²) in [6, 6.07) is -1.21. The van der Waals surface area contributed by atoms with Crippen molar-refractivity contribution in [3.63, 3.8) is 0 Å². The lowest BCUT2D eigenvalue weighted by Crippen LogP contribution is -2.56. The van der Waals surface area contributed by atoms with Crippen LogP contribution in [0, 0.1) is 46.3 Å². The normalized spacial score (nSPS) is 35.3. The van der Waals surface area contributed by atoms with Gasteiger partial charge in [-0.1, -0.05) is 47.5 Å². The van der Waals surface area contributed by atoms with Gasteiger partial charge >= 0.3 is 5.97 Å². The van der Waals surface area contributed by atoms with Gasteiger partial charge in [0, 0.05) is 0 Å². The van der Waals surface area contributed by atoms with Crippen LogP contribution in [0.25, 0.3) is 11.2 Å². The van der Waals surface area contributed by atoms with Crippen LogP contribution >= 0.6 is 0 Å². The number of anilines is 1. The standard InChI is InChI=1S/C38H62N6O4/c1-8-10-22(3)27-13-14-28-26-12-11-23-19-25(15-17-37(23,6)29(26)16-18-38(27,28)7)48-36(4,5)31(39)34(46)47-20-24(9-2)44-21-41-30-32(44)42-35(40)43-33(30)45/h21-29,31H,8-20,39H2,1-7H3,(H3,40,42,43,45)/t22-,23?,24?,25?,26?,27-,28?,29?,31-,37+,38-/m1/s1. The molecule has 0 aliphatic heterocycles. The Labute approximate surface area is 286 Å². The molecule has 48 heavy (non-hydrogen) atoms. The van der Waals surface area contributed by atoms with Gasteiger partial charge in [-0.3, -0.25) is 14.6 Å². The van der Waals surface area contributed by atoms with Crippen LogP contribution in [0.4, 0.5) is 5.95 Å². The van der Waals surface area contributed by atoms with Crippen molar-refractivity contribution in [2.24, 2.45) is 52.1 Å². The second-order valence-corrected chi connectivity index (χ2v) is 17.2. The van der Waals surface area contributed by atoms with Gasteiger partial charge in [0.1, 0.15) is 12.6 Å². The van der Waals surface area contributed by atoms with E-state index in [1.807, 2.05) is 20.8 Å². The quantitative estimate of drug-likeness (QED) is 0.222. The first kappa shape index (κ1) is 35.4. The fourth-order valence-corrected chi connectivity index (χ4v) is 11.6. The van der Waals surface area contributed by atoms with Gasteiger partial charge in [-0.05, 0) is 124 Å². The van der Waals surface area contributed by atoms with E-state index in [2.05, 4.69) is 42.6 Å². The van der Waals surface area contributed by atoms with E-state index in [4.69, 9.17) is 20.9 Å². The zero-order chi connectivity index (χ0) is 34.6. The van der Waals surface area contributed by atoms with E-state index in [1.165, 1.54) is 64.1 Å². The van der Waals surface area contributed by atoms with E-state index in [0.717, 1.165) is 42.4 Å². The van der Waals surface area contributed by atoms with Crippen LogP contribution in [0.2, 0.25) is 0 Å². The highest BCUT2D eigenvalue weighted by Gasteiger charge is 2.60. The van der Waals surface area contributed by atoms with Crippen LogP contribution in [-0.2, 0) is 14.3 Å². The molecule has 10 heteroatoms. The average molecular weight is 667 g/mol. The lowest BCUT2D eigenvalue weighted by Gasteiger charge is -2.61. The Morgan fingerprint density at radius 1 is 1.10 bits per heavy atom. The van der Waals surface area contributed by atoms with Crippen molar-refractivity contribution in [1.82, 2.24) is 19.5 Å². The average Bonchev–Trinajstić information content (AvgIpc) is 3.62. The van der Waals surface area contributed by atoms with Crippen molar-refractivity contribution in [1.29, 1.82) is 0 Å². The molecule has 4 aliphatic carbocycles. The molecule has 0 saturated heterocycles. The second-order valence-electron chi connectivity index (χ2n) is 17.2. The maximum Gasteiger partial charge on any atom is 0.325 e. The third-order valence-corrected chi connectivity index (χ3v) is 14.3. The SMILES string of the molecule is CCC[C@@H](C)[C@H]1CCC2C3CCC4CC(OC(C)(C)[C@H](N)C(=O)OCC(CC)n5cnc6c(=O)[nH]c(N)nc65)CC[C@]4(C)C3CC[C@@]21C. The van der Waals surface area contributed by atoms with Crippen molar-refractivity contribution in [3.8, 4) is 0 Å². The fraction of sp³-hybridized carbons (Fsp3) is 0.842. The van der Waals surface area contributed by atoms with Crippen molar-refractivity contribution in [2.75, 3.05) is 12.3 Å². The number of esters is 1. The largest absolute Gasteiger partial charge is 0.462 e. The van der Waals surface area contributed by atoms with Crippen molar-refractivity contribution in [2.45, 2.75) is 149 Å². The third-order valence-electron chi connectivity index (χ3n) is 14.3. The number of aromatic amines is 1. The molecule has 4 fully saturated rings. The predicted octanol–water partition coefficient (Wildman–Crippen LogP) is 6.78. The molecule has 6 rings (SSSR count). The number of aromatic nitrogens is 4. The minimum atomic E-state index is -0.934. The van der Waals surface area contributed by atoms with Crippen LogP contribution < -0.4 is 17.0 Å². The summed E-state index contributed by atoms with van der Waals surface area (Å²) < 4.78 is 14.2. The van der Waals surface area contributed by atoms with E-state index in [0.29, 0.717) is 28.8 Å². The maximum absolute atomic E-state index is 13.3. The van der Waals surface area contributed by atoms with E-state index in [1.54, 1.807) is 4.57 Å². The molecule has 268 valence electrons. The number of H-pyrrole nitrogens is 1. The highest BCUT2D eigenvalue weighted by atomic mass is 16.5. The summed E-state index contributed by atoms with van der Waals surface area (Å²) in [4.78, 5) is 36.5. The Kier molecular flexibility index (Phi) is 9.83. The van der Waals surface area contributed by atoms with E-state index in [9.17, 15) is 9.59 Å². The van der Waals surface area contributed by atoms with Crippen molar-refractivity contribution in [3.05, 3.63) is 16.7 Å². The maximum atomic E-state index is 13.3. The first-order valence-corrected chi connectivity index (χ1v) is 19.1. The molecule has 0 radical (unpaired) electrons. The summed E-state index contributed by atoms with van der Waals surface area (Å²) in [5, 5.41) is 0. The monoisotopic (exact) mass is 666 g/mol. The molecule has 2 heterocycles. The number of rotatable bonds is 11. The lowest BCUT2D eigenvalue weighted by atomic mass is 9.44. The second kappa shape index (κ2) is 13.3. The smallest absolute Gasteiger partial charge is 0.325 e. The Balaban J connectivity index is 1.05. The molecular weight excluding hydrogens is 604 g/mol. The Morgan fingerprint density at radius 2 is 1.83 bits per heavy atom. The van der Waals surface area contributed by atoms with Gasteiger partial charge in [0.2, 0.25) is 5.95 Å². The number of carbonyl (C=O) groups excluding carboxylic acids is 1. The number of nitrogen functional groups attached to an aromatic ring is 1. The van der Waals surface area contributed by atoms with E-state index in [-0.39, 0.29) is 30.2 Å². The molecular formula is C38H62N6O4. The lowest BCUT2D eigenvalue weighted by molar-refractivity contribution is -0.174. The van der Waals surface area contributed by atoms with Crippen LogP contribution in [0.15, 0.2) is 11.1 Å². The first-order chi connectivity index (χ1) is 22.7. The van der Waals surface area contributed by atoms with Crippen LogP contribution in [0.3, 0.4) is 0 Å². The molecule has 2 aromatic rings. The van der Waals surface area contributed by atoms with E-state index >= 15 is 0 Å². The summed E-state index contributed by atoms with van der Waals surface area (Å²) >= 11 is 0. The topological polar surface area (TPSA) is 151 Å². The third kappa shape index (κ3) is 6.11. The molecule has 11 atom stereocenters. The molecule has 0 bridgehead atoms. The molecule has 0 spiro atoms. The Hall–Kier alpha value is -2.46. The van der Waals surface area contributed by atoms with Gasteiger partial charge in [-0.15, -0.1) is 0 Å². The molecule has 5 N–H and O–H groups in total. The number of fused-ring (bicyclic) bond motifs is 6. The Morgan fingerprint density at radius 3 is 2.56 bits per heavy atom. The van der Waals surface area contributed by atoms with Gasteiger partial charge < -0.3 is 25.5 Å². The Bertz CT molecular complexity index is 1520. The molecule has 4 saturated carbocycles. The molecule has 2 aromatic heterocycles. The fourth-order valence-electron chi connectivity index (χ4n) is 11.6. The minimum absolute atomic E-state index is 0.0132. The number of nitrogens with zero attached hydrogens (tertiary/aromatic N) is 3. The predicted molar refractivity (Wildman–Crippen MR) is 189 cm³/mol. The summed E-state index contributed by atoms with van der Waals surface area (Å²) in [7, 11) is 0. The van der Waals surface area contributed by atoms with Crippen LogP contribution in [0.1, 0.15) is 132 Å². The number of hydrogen-bond acceptors (Lipinski definition) is 8. The molecule has 0 aromatic carbocycles. The summed E-state index contributed by atoms with van der Waals surface area (Å²) in [6.45, 7) is 16.0. The van der Waals surface area contributed by atoms with E-state index < -0.39 is 23.2 Å². The van der Waals surface area contributed by atoms with Gasteiger partial charge in [0.25, 0.3) is 5.56 Å². The number of nitrogens with two attached hydrogens (primary N) is 2. The summed E-state index contributed by atoms with van der Waals surface area (Å²) in [5.74, 6) is 4.52. The number of nitrogens with one attached hydrogen (secondary N) is 1. The highest BCUT2D eigenvalue weighted by molar-refractivity contribution is 5.77. The number of hydrogen-bond donors (Lipinski definition) is 3. The minimum Gasteiger partial charge on any atom is -0.462 e. The van der Waals surface area contributed by atoms with Crippen molar-refractivity contribution < 1.29 is 14.3 Å². The van der Waals surface area contributed by atoms with Crippen molar-refractivity contribution >= 4 is 23.1 Å². The van der Waals surface area contributed by atoms with Crippen LogP contribution in [0.5, 0.6) is 0 Å². The van der Waals surface area contributed by atoms with Gasteiger partial charge in [0.15, 0.2) is 11.2 Å². The van der Waals surface area contributed by atoms with Gasteiger partial charge in [-0.2, -0.15) is 4.98 Å². The molecule has 4 aliphatic rings. The summed E-state index contributed by atoms with van der Waals surface area (Å²) in [5.41, 5.74) is 12.5. The van der Waals surface area contributed by atoms with Gasteiger partial charge in [0.05, 0.1) is 24.1 Å². The zero-order valence-corrected chi connectivity index (χ0v) is 30.6.